The minimum atomic E-state index is 0.217. The Morgan fingerprint density at radius 1 is 1.00 bits per heavy atom. The Kier molecular flexibility index (Phi) is 3.16. The first-order valence-corrected chi connectivity index (χ1v) is 10.1. The Labute approximate surface area is 156 Å². The van der Waals surface area contributed by atoms with Gasteiger partial charge in [0.2, 0.25) is 0 Å². The minimum absolute atomic E-state index is 0.217. The van der Waals surface area contributed by atoms with Gasteiger partial charge in [0.1, 0.15) is 5.58 Å². The molecule has 2 aliphatic heterocycles. The highest BCUT2D eigenvalue weighted by molar-refractivity contribution is 6.09. The summed E-state index contributed by atoms with van der Waals surface area (Å²) in [6.07, 6.45) is 3.87. The second-order valence-electron chi connectivity index (χ2n) is 9.36. The van der Waals surface area contributed by atoms with E-state index in [-0.39, 0.29) is 5.54 Å². The normalized spacial score (nSPS) is 34.1. The lowest BCUT2D eigenvalue weighted by molar-refractivity contribution is -0.00496. The van der Waals surface area contributed by atoms with Crippen molar-refractivity contribution in [2.24, 2.45) is 11.3 Å². The van der Waals surface area contributed by atoms with Crippen LogP contribution in [0.2, 0.25) is 0 Å². The number of rotatable bonds is 1. The van der Waals surface area contributed by atoms with Gasteiger partial charge < -0.3 is 9.32 Å². The number of furan rings is 1. The Morgan fingerprint density at radius 2 is 1.77 bits per heavy atom. The molecular weight excluding hydrogens is 318 g/mol. The molecule has 2 nitrogen and oxygen atoms in total. The van der Waals surface area contributed by atoms with E-state index in [2.05, 4.69) is 75.9 Å². The quantitative estimate of drug-likeness (QED) is 0.487. The number of fused-ring (bicyclic) bond motifs is 6. The summed E-state index contributed by atoms with van der Waals surface area (Å²) in [6, 6.07) is 13.5. The van der Waals surface area contributed by atoms with E-state index in [0.29, 0.717) is 11.5 Å². The van der Waals surface area contributed by atoms with Crippen LogP contribution in [-0.4, -0.2) is 11.6 Å². The van der Waals surface area contributed by atoms with Crippen LogP contribution >= 0.6 is 0 Å². The van der Waals surface area contributed by atoms with E-state index >= 15 is 0 Å². The second kappa shape index (κ2) is 5.06. The average Bonchev–Trinajstić information content (AvgIpc) is 2.98. The smallest absolute Gasteiger partial charge is 0.158 e. The van der Waals surface area contributed by atoms with Gasteiger partial charge in [-0.3, -0.25) is 0 Å². The summed E-state index contributed by atoms with van der Waals surface area (Å²) in [7, 11) is 0. The average molecular weight is 348 g/mol. The third kappa shape index (κ3) is 1.88. The van der Waals surface area contributed by atoms with Gasteiger partial charge in [0.15, 0.2) is 5.58 Å². The van der Waals surface area contributed by atoms with Gasteiger partial charge in [-0.15, -0.1) is 0 Å². The molecule has 0 N–H and O–H groups in total. The molecule has 0 amide bonds. The third-order valence-corrected chi connectivity index (χ3v) is 7.96. The van der Waals surface area contributed by atoms with Crippen LogP contribution in [0.1, 0.15) is 52.5 Å². The van der Waals surface area contributed by atoms with Crippen molar-refractivity contribution >= 4 is 27.6 Å². The van der Waals surface area contributed by atoms with E-state index in [1.807, 2.05) is 0 Å². The van der Waals surface area contributed by atoms with E-state index in [1.54, 1.807) is 0 Å². The third-order valence-electron chi connectivity index (χ3n) is 7.96. The first-order valence-electron chi connectivity index (χ1n) is 10.1. The molecule has 1 aliphatic carbocycles. The molecule has 2 heteroatoms. The fraction of sp³-hybridized carbons (Fsp3) is 0.500. The van der Waals surface area contributed by atoms with Crippen LogP contribution in [0.5, 0.6) is 0 Å². The Bertz CT molecular complexity index is 1020. The first kappa shape index (κ1) is 16.2. The fourth-order valence-electron chi connectivity index (χ4n) is 6.02. The molecule has 2 saturated heterocycles. The molecule has 0 radical (unpaired) electrons. The number of hydrogen-bond donors (Lipinski definition) is 0. The van der Waals surface area contributed by atoms with Gasteiger partial charge in [0.25, 0.3) is 0 Å². The van der Waals surface area contributed by atoms with Gasteiger partial charge in [0.05, 0.1) is 5.69 Å². The van der Waals surface area contributed by atoms with Crippen LogP contribution in [0.3, 0.4) is 0 Å². The van der Waals surface area contributed by atoms with Crippen molar-refractivity contribution in [3.05, 3.63) is 42.0 Å². The van der Waals surface area contributed by atoms with Crippen LogP contribution in [0.4, 0.5) is 5.69 Å². The lowest BCUT2D eigenvalue weighted by atomic mass is 9.54. The summed E-state index contributed by atoms with van der Waals surface area (Å²) in [4.78, 5) is 2.73. The summed E-state index contributed by atoms with van der Waals surface area (Å²) >= 11 is 0. The highest BCUT2D eigenvalue weighted by Gasteiger charge is 2.57. The minimum Gasteiger partial charge on any atom is -0.454 e. The van der Waals surface area contributed by atoms with Crippen molar-refractivity contribution < 1.29 is 4.42 Å². The van der Waals surface area contributed by atoms with Crippen molar-refractivity contribution in [2.45, 2.75) is 65.5 Å². The van der Waals surface area contributed by atoms with Gasteiger partial charge in [-0.05, 0) is 63.0 Å². The molecule has 3 fully saturated rings. The first-order chi connectivity index (χ1) is 12.3. The van der Waals surface area contributed by atoms with Gasteiger partial charge in [-0.1, -0.05) is 44.2 Å². The maximum atomic E-state index is 6.44. The summed E-state index contributed by atoms with van der Waals surface area (Å²) < 4.78 is 6.44. The molecule has 6 rings (SSSR count). The summed E-state index contributed by atoms with van der Waals surface area (Å²) in [5, 5.41) is 2.47. The lowest BCUT2D eigenvalue weighted by Gasteiger charge is -2.65. The van der Waals surface area contributed by atoms with Crippen LogP contribution in [0.15, 0.2) is 40.8 Å². The number of para-hydroxylation sites is 1. The fourth-order valence-corrected chi connectivity index (χ4v) is 6.02. The zero-order valence-electron chi connectivity index (χ0n) is 16.6. The molecule has 1 aromatic heterocycles. The monoisotopic (exact) mass is 347 g/mol. The summed E-state index contributed by atoms with van der Waals surface area (Å²) in [5.41, 5.74) is 5.31. The molecule has 3 aliphatic rings. The van der Waals surface area contributed by atoms with Crippen molar-refractivity contribution in [1.82, 2.24) is 0 Å². The number of piperidine rings is 2. The van der Waals surface area contributed by atoms with Crippen LogP contribution in [-0.2, 0) is 0 Å². The van der Waals surface area contributed by atoms with Crippen molar-refractivity contribution in [3.63, 3.8) is 0 Å². The van der Waals surface area contributed by atoms with E-state index in [9.17, 15) is 0 Å². The maximum Gasteiger partial charge on any atom is 0.158 e. The van der Waals surface area contributed by atoms with Crippen molar-refractivity contribution in [1.29, 1.82) is 0 Å². The van der Waals surface area contributed by atoms with E-state index in [1.165, 1.54) is 41.3 Å². The summed E-state index contributed by atoms with van der Waals surface area (Å²) in [6.45, 7) is 12.1. The lowest BCUT2D eigenvalue weighted by Crippen LogP contribution is -2.68. The van der Waals surface area contributed by atoms with E-state index < -0.39 is 0 Å². The van der Waals surface area contributed by atoms with Crippen molar-refractivity contribution in [3.8, 4) is 0 Å². The van der Waals surface area contributed by atoms with Crippen molar-refractivity contribution in [2.75, 3.05) is 4.90 Å². The Morgan fingerprint density at radius 3 is 2.54 bits per heavy atom. The Balaban J connectivity index is 1.80. The van der Waals surface area contributed by atoms with Gasteiger partial charge in [-0.2, -0.15) is 0 Å². The highest BCUT2D eigenvalue weighted by Crippen LogP contribution is 2.59. The topological polar surface area (TPSA) is 16.4 Å². The number of aryl methyl sites for hydroxylation is 1. The molecule has 4 atom stereocenters. The predicted molar refractivity (Wildman–Crippen MR) is 110 cm³/mol. The van der Waals surface area contributed by atoms with Crippen LogP contribution in [0.25, 0.3) is 21.9 Å². The zero-order chi connectivity index (χ0) is 18.3. The molecule has 26 heavy (non-hydrogen) atoms. The summed E-state index contributed by atoms with van der Waals surface area (Å²) in [5.74, 6) is 0.766. The molecule has 1 saturated carbocycles. The molecular formula is C24H29NO. The number of hydrogen-bond acceptors (Lipinski definition) is 2. The number of anilines is 1. The molecule has 136 valence electrons. The van der Waals surface area contributed by atoms with E-state index in [0.717, 1.165) is 17.1 Å². The molecule has 3 unspecified atom stereocenters. The van der Waals surface area contributed by atoms with Gasteiger partial charge in [-0.25, -0.2) is 0 Å². The van der Waals surface area contributed by atoms with Gasteiger partial charge >= 0.3 is 0 Å². The number of nitrogens with zero attached hydrogens (tertiary/aromatic N) is 1. The zero-order valence-corrected chi connectivity index (χ0v) is 16.6. The second-order valence-corrected chi connectivity index (χ2v) is 9.36. The standard InChI is InChI=1S/C24H29NO/c1-15-10-11-19-18-8-6-7-9-20(18)26-22(19)21(15)25-17(3)24(5)13-12-23(25,4)14-16(24)2/h6-11,16-17H,12-14H2,1-5H3/t16?,17-,23?,24?/m0/s1. The molecule has 2 bridgehead atoms. The van der Waals surface area contributed by atoms with Crippen LogP contribution < -0.4 is 4.90 Å². The van der Waals surface area contributed by atoms with E-state index in [4.69, 9.17) is 4.42 Å². The predicted octanol–water partition coefficient (Wildman–Crippen LogP) is 6.69. The Hall–Kier alpha value is -1.96. The maximum absolute atomic E-state index is 6.44. The number of benzene rings is 2. The van der Waals surface area contributed by atoms with Gasteiger partial charge in [0, 0.05) is 22.4 Å². The SMILES string of the molecule is Cc1ccc2c(oc3ccccc32)c1N1[C@@H](C)C2(C)CCC1(C)CC2C. The molecule has 0 spiro atoms. The molecule has 3 heterocycles. The van der Waals surface area contributed by atoms with Crippen LogP contribution in [0, 0.1) is 18.3 Å². The highest BCUT2D eigenvalue weighted by atomic mass is 16.3. The molecule has 2 aromatic carbocycles. The largest absolute Gasteiger partial charge is 0.454 e. The molecule has 3 aromatic rings.